The van der Waals surface area contributed by atoms with Crippen LogP contribution in [0, 0.1) is 20.8 Å². The highest BCUT2D eigenvalue weighted by atomic mass is 32.2. The molecule has 6 rings (SSSR count). The molecule has 6 aromatic rings. The van der Waals surface area contributed by atoms with Gasteiger partial charge in [-0.25, -0.2) is 0 Å². The maximum Gasteiger partial charge on any atom is 0.283 e. The number of carbonyl (C=O) groups is 2. The van der Waals surface area contributed by atoms with Gasteiger partial charge in [0.25, 0.3) is 31.9 Å². The molecule has 0 radical (unpaired) electrons. The van der Waals surface area contributed by atoms with Crippen LogP contribution in [0.4, 0.5) is 11.4 Å². The van der Waals surface area contributed by atoms with Gasteiger partial charge in [-0.2, -0.15) is 35.2 Å². The van der Waals surface area contributed by atoms with Gasteiger partial charge in [0.15, 0.2) is 0 Å². The first kappa shape index (κ1) is 34.3. The average Bonchev–Trinajstić information content (AvgIpc) is 3.78. The van der Waals surface area contributed by atoms with E-state index in [1.54, 1.807) is 73.7 Å². The summed E-state index contributed by atoms with van der Waals surface area (Å²) in [6.45, 7) is 5.56. The minimum Gasteiger partial charge on any atom is -0.318 e. The first-order valence-corrected chi connectivity index (χ1v) is 17.4. The average molecular weight is 699 g/mol. The van der Waals surface area contributed by atoms with Crippen molar-refractivity contribution in [1.82, 2.24) is 28.3 Å². The van der Waals surface area contributed by atoms with Crippen LogP contribution < -0.4 is 10.6 Å². The molecule has 49 heavy (non-hydrogen) atoms. The van der Waals surface area contributed by atoms with Gasteiger partial charge in [-0.1, -0.05) is 30.3 Å². The van der Waals surface area contributed by atoms with Gasteiger partial charge in [0.2, 0.25) is 0 Å². The van der Waals surface area contributed by atoms with E-state index in [1.165, 1.54) is 49.3 Å². The second-order valence-corrected chi connectivity index (χ2v) is 14.2. The number of aromatic nitrogens is 6. The number of anilines is 2. The van der Waals surface area contributed by atoms with Gasteiger partial charge in [-0.05, 0) is 86.0 Å². The lowest BCUT2D eigenvalue weighted by atomic mass is 10.1. The lowest BCUT2D eigenvalue weighted by Crippen LogP contribution is -2.15. The topological polar surface area (TPSA) is 188 Å². The Morgan fingerprint density at radius 2 is 1.10 bits per heavy atom. The molecule has 0 unspecified atom stereocenters. The fourth-order valence-electron chi connectivity index (χ4n) is 4.25. The van der Waals surface area contributed by atoms with Crippen LogP contribution >= 0.6 is 0 Å². The SMILES string of the molecule is Cc1ccc(S(=O)(=O)n2cc(NC(=O)c3ccccn3)cn2)cc1C.Cc1cccc(S(=O)(=O)n2cc(NC(=O)c3ccccn3)cn2)c1. The molecule has 0 spiro atoms. The number of nitrogens with one attached hydrogen (secondary N) is 2. The number of rotatable bonds is 8. The zero-order valence-corrected chi connectivity index (χ0v) is 28.1. The van der Waals surface area contributed by atoms with Crippen LogP contribution in [0.25, 0.3) is 0 Å². The molecule has 0 bridgehead atoms. The molecule has 2 aromatic carbocycles. The minimum absolute atomic E-state index is 0.133. The lowest BCUT2D eigenvalue weighted by molar-refractivity contribution is 0.101. The Labute approximate surface area is 282 Å². The molecule has 0 saturated carbocycles. The minimum atomic E-state index is -3.82. The van der Waals surface area contributed by atoms with Crippen molar-refractivity contribution in [3.8, 4) is 0 Å². The number of benzene rings is 2. The van der Waals surface area contributed by atoms with Crippen molar-refractivity contribution in [2.24, 2.45) is 0 Å². The molecule has 0 aliphatic heterocycles. The summed E-state index contributed by atoms with van der Waals surface area (Å²) in [5.74, 6) is -0.883. The first-order chi connectivity index (χ1) is 23.3. The van der Waals surface area contributed by atoms with Gasteiger partial charge in [0.1, 0.15) is 11.4 Å². The molecule has 0 atom stereocenters. The normalized spacial score (nSPS) is 11.2. The number of carbonyl (C=O) groups excluding carboxylic acids is 2. The third-order valence-corrected chi connectivity index (χ3v) is 10.1. The zero-order chi connectivity index (χ0) is 35.2. The molecular formula is C33H30N8O6S2. The van der Waals surface area contributed by atoms with Crippen LogP contribution in [-0.2, 0) is 20.0 Å². The molecule has 2 N–H and O–H groups in total. The number of pyridine rings is 2. The van der Waals surface area contributed by atoms with E-state index in [2.05, 4.69) is 30.8 Å². The molecule has 0 aliphatic carbocycles. The fraction of sp³-hybridized carbons (Fsp3) is 0.0909. The molecule has 16 heteroatoms. The van der Waals surface area contributed by atoms with E-state index < -0.39 is 31.9 Å². The number of amides is 2. The van der Waals surface area contributed by atoms with Crippen LogP contribution in [0.1, 0.15) is 37.7 Å². The fourth-order valence-corrected chi connectivity index (χ4v) is 6.68. The number of hydrogen-bond donors (Lipinski definition) is 2. The van der Waals surface area contributed by atoms with E-state index >= 15 is 0 Å². The van der Waals surface area contributed by atoms with Crippen LogP contribution in [0.2, 0.25) is 0 Å². The Bertz CT molecular complexity index is 2340. The number of hydrogen-bond acceptors (Lipinski definition) is 10. The highest BCUT2D eigenvalue weighted by Gasteiger charge is 2.21. The van der Waals surface area contributed by atoms with Gasteiger partial charge < -0.3 is 10.6 Å². The summed E-state index contributed by atoms with van der Waals surface area (Å²) in [6, 6.07) is 21.3. The molecule has 4 aromatic heterocycles. The third-order valence-electron chi connectivity index (χ3n) is 6.99. The van der Waals surface area contributed by atoms with Crippen molar-refractivity contribution >= 4 is 43.2 Å². The van der Waals surface area contributed by atoms with Crippen LogP contribution in [0.3, 0.4) is 0 Å². The molecule has 14 nitrogen and oxygen atoms in total. The molecule has 250 valence electrons. The van der Waals surface area contributed by atoms with Crippen LogP contribution in [0.5, 0.6) is 0 Å². The smallest absolute Gasteiger partial charge is 0.283 e. The van der Waals surface area contributed by atoms with E-state index in [9.17, 15) is 26.4 Å². The molecule has 0 aliphatic rings. The predicted molar refractivity (Wildman–Crippen MR) is 181 cm³/mol. The summed E-state index contributed by atoms with van der Waals surface area (Å²) in [6.07, 6.45) is 8.06. The van der Waals surface area contributed by atoms with E-state index in [4.69, 9.17) is 0 Å². The van der Waals surface area contributed by atoms with E-state index in [0.717, 1.165) is 24.9 Å². The maximum absolute atomic E-state index is 12.6. The standard InChI is InChI=1S/C17H16N4O3S.C16H14N4O3S/c1-12-6-7-15(9-13(12)2)25(23,24)21-11-14(10-19-21)20-17(22)16-5-3-4-8-18-16;1-12-5-4-6-14(9-12)24(22,23)20-11-13(10-18-20)19-16(21)15-7-2-3-8-17-15/h3-11H,1-2H3,(H,20,22);2-11H,1H3,(H,19,21). The monoisotopic (exact) mass is 698 g/mol. The summed E-state index contributed by atoms with van der Waals surface area (Å²) in [7, 11) is -7.62. The first-order valence-electron chi connectivity index (χ1n) is 14.5. The van der Waals surface area contributed by atoms with E-state index in [1.807, 2.05) is 13.8 Å². The maximum atomic E-state index is 12.6. The Morgan fingerprint density at radius 1 is 0.592 bits per heavy atom. The number of nitrogens with zero attached hydrogens (tertiary/aromatic N) is 6. The van der Waals surface area contributed by atoms with Crippen molar-refractivity contribution in [3.63, 3.8) is 0 Å². The summed E-state index contributed by atoms with van der Waals surface area (Å²) in [5.41, 5.74) is 3.69. The van der Waals surface area contributed by atoms with Gasteiger partial charge >= 0.3 is 0 Å². The second-order valence-electron chi connectivity index (χ2n) is 10.6. The molecule has 4 heterocycles. The van der Waals surface area contributed by atoms with Gasteiger partial charge in [0.05, 0.1) is 46.0 Å². The van der Waals surface area contributed by atoms with E-state index in [-0.39, 0.29) is 32.6 Å². The highest BCUT2D eigenvalue weighted by Crippen LogP contribution is 2.20. The molecular weight excluding hydrogens is 669 g/mol. The zero-order valence-electron chi connectivity index (χ0n) is 26.4. The quantitative estimate of drug-likeness (QED) is 0.230. The van der Waals surface area contributed by atoms with Gasteiger partial charge in [-0.3, -0.25) is 19.6 Å². The van der Waals surface area contributed by atoms with Crippen molar-refractivity contribution in [2.45, 2.75) is 30.6 Å². The second kappa shape index (κ2) is 14.4. The van der Waals surface area contributed by atoms with Crippen molar-refractivity contribution in [2.75, 3.05) is 10.6 Å². The lowest BCUT2D eigenvalue weighted by Gasteiger charge is -2.07. The van der Waals surface area contributed by atoms with Gasteiger partial charge in [0, 0.05) is 12.4 Å². The Balaban J connectivity index is 0.000000191. The van der Waals surface area contributed by atoms with E-state index in [0.29, 0.717) is 0 Å². The highest BCUT2D eigenvalue weighted by molar-refractivity contribution is 7.90. The Kier molecular flexibility index (Phi) is 10.1. The van der Waals surface area contributed by atoms with Crippen molar-refractivity contribution < 1.29 is 26.4 Å². The molecule has 0 saturated heterocycles. The Morgan fingerprint density at radius 3 is 1.55 bits per heavy atom. The van der Waals surface area contributed by atoms with Crippen molar-refractivity contribution in [3.05, 3.63) is 144 Å². The summed E-state index contributed by atoms with van der Waals surface area (Å²) in [5, 5.41) is 12.8. The van der Waals surface area contributed by atoms with Crippen LogP contribution in [0.15, 0.2) is 126 Å². The molecule has 2 amide bonds. The van der Waals surface area contributed by atoms with Crippen LogP contribution in [-0.4, -0.2) is 57.0 Å². The molecule has 0 fully saturated rings. The summed E-state index contributed by atoms with van der Waals surface area (Å²) >= 11 is 0. The predicted octanol–water partition coefficient (Wildman–Crippen LogP) is 4.46. The number of aryl methyl sites for hydroxylation is 3. The van der Waals surface area contributed by atoms with Crippen molar-refractivity contribution in [1.29, 1.82) is 0 Å². The Hall–Kier alpha value is -6.00. The summed E-state index contributed by atoms with van der Waals surface area (Å²) in [4.78, 5) is 32.2. The third kappa shape index (κ3) is 8.11. The largest absolute Gasteiger partial charge is 0.318 e. The van der Waals surface area contributed by atoms with Gasteiger partial charge in [-0.15, -0.1) is 0 Å². The summed E-state index contributed by atoms with van der Waals surface area (Å²) < 4.78 is 52.0.